The van der Waals surface area contributed by atoms with Crippen molar-refractivity contribution in [2.75, 3.05) is 6.54 Å². The van der Waals surface area contributed by atoms with Gasteiger partial charge in [0.15, 0.2) is 0 Å². The van der Waals surface area contributed by atoms with Gasteiger partial charge in [-0.25, -0.2) is 0 Å². The normalized spacial score (nSPS) is 13.0. The zero-order valence-corrected chi connectivity index (χ0v) is 13.3. The Hall–Kier alpha value is -0.800. The zero-order valence-electron chi connectivity index (χ0n) is 11.7. The van der Waals surface area contributed by atoms with Gasteiger partial charge in [-0.3, -0.25) is 0 Å². The Morgan fingerprint density at radius 1 is 1.26 bits per heavy atom. The van der Waals surface area contributed by atoms with E-state index in [-0.39, 0.29) is 0 Å². The van der Waals surface area contributed by atoms with Crippen molar-refractivity contribution >= 4 is 26.9 Å². The van der Waals surface area contributed by atoms with E-state index < -0.39 is 0 Å². The predicted molar refractivity (Wildman–Crippen MR) is 84.5 cm³/mol. The van der Waals surface area contributed by atoms with Crippen LogP contribution in [0.3, 0.4) is 0 Å². The quantitative estimate of drug-likeness (QED) is 0.687. The zero-order chi connectivity index (χ0) is 13.7. The van der Waals surface area contributed by atoms with Crippen molar-refractivity contribution in [1.82, 2.24) is 5.32 Å². The first-order chi connectivity index (χ1) is 9.26. The number of hydrogen-bond acceptors (Lipinski definition) is 2. The Bertz CT molecular complexity index is 520. The molecule has 0 fully saturated rings. The lowest BCUT2D eigenvalue weighted by Gasteiger charge is -2.14. The number of halogens is 1. The van der Waals surface area contributed by atoms with Crippen molar-refractivity contribution in [2.45, 2.75) is 45.6 Å². The number of nitrogens with one attached hydrogen (secondary N) is 1. The van der Waals surface area contributed by atoms with E-state index in [9.17, 15) is 0 Å². The van der Waals surface area contributed by atoms with Gasteiger partial charge in [0.25, 0.3) is 0 Å². The second-order valence-electron chi connectivity index (χ2n) is 4.91. The molecule has 0 bridgehead atoms. The van der Waals surface area contributed by atoms with Crippen molar-refractivity contribution in [2.24, 2.45) is 0 Å². The fraction of sp³-hybridized carbons (Fsp3) is 0.500. The van der Waals surface area contributed by atoms with Crippen LogP contribution in [0.25, 0.3) is 11.0 Å². The van der Waals surface area contributed by atoms with Crippen molar-refractivity contribution in [3.63, 3.8) is 0 Å². The standard InChI is InChI=1S/C16H22BrNO/c1-3-5-6-10-14(18-4-2)15-11-12-8-7-9-13(17)16(12)19-15/h7-9,11,14,18H,3-6,10H2,1-2H3. The average molecular weight is 324 g/mol. The fourth-order valence-electron chi connectivity index (χ4n) is 2.41. The number of rotatable bonds is 7. The van der Waals surface area contributed by atoms with Crippen LogP contribution in [0.4, 0.5) is 0 Å². The van der Waals surface area contributed by atoms with Gasteiger partial charge in [0.05, 0.1) is 10.5 Å². The second-order valence-corrected chi connectivity index (χ2v) is 5.77. The third-order valence-corrected chi connectivity index (χ3v) is 4.03. The highest BCUT2D eigenvalue weighted by molar-refractivity contribution is 9.10. The molecular weight excluding hydrogens is 302 g/mol. The Morgan fingerprint density at radius 2 is 2.11 bits per heavy atom. The van der Waals surface area contributed by atoms with Crippen LogP contribution in [0.2, 0.25) is 0 Å². The smallest absolute Gasteiger partial charge is 0.148 e. The SMILES string of the molecule is CCCCCC(NCC)c1cc2cccc(Br)c2o1. The summed E-state index contributed by atoms with van der Waals surface area (Å²) in [7, 11) is 0. The second kappa shape index (κ2) is 7.11. The van der Waals surface area contributed by atoms with Gasteiger partial charge in [-0.1, -0.05) is 45.2 Å². The number of para-hydroxylation sites is 1. The largest absolute Gasteiger partial charge is 0.458 e. The summed E-state index contributed by atoms with van der Waals surface area (Å²) in [6.07, 6.45) is 4.92. The van der Waals surface area contributed by atoms with E-state index in [1.165, 1.54) is 24.6 Å². The van der Waals surface area contributed by atoms with Crippen LogP contribution in [0.1, 0.15) is 51.3 Å². The molecule has 2 nitrogen and oxygen atoms in total. The summed E-state index contributed by atoms with van der Waals surface area (Å²) in [5, 5.41) is 4.70. The molecule has 104 valence electrons. The molecule has 1 aromatic carbocycles. The molecule has 0 saturated heterocycles. The first-order valence-electron chi connectivity index (χ1n) is 7.17. The highest BCUT2D eigenvalue weighted by Gasteiger charge is 2.15. The highest BCUT2D eigenvalue weighted by atomic mass is 79.9. The molecule has 0 aliphatic rings. The van der Waals surface area contributed by atoms with Crippen LogP contribution in [0.5, 0.6) is 0 Å². The van der Waals surface area contributed by atoms with Gasteiger partial charge in [0.1, 0.15) is 11.3 Å². The molecule has 1 N–H and O–H groups in total. The minimum atomic E-state index is 0.329. The molecule has 0 aliphatic heterocycles. The summed E-state index contributed by atoms with van der Waals surface area (Å²) in [6.45, 7) is 5.35. The number of fused-ring (bicyclic) bond motifs is 1. The number of unbranched alkanes of at least 4 members (excludes halogenated alkanes) is 2. The van der Waals surface area contributed by atoms with Gasteiger partial charge in [-0.05, 0) is 41.0 Å². The third kappa shape index (κ3) is 3.61. The van der Waals surface area contributed by atoms with Gasteiger partial charge >= 0.3 is 0 Å². The molecule has 0 saturated carbocycles. The summed E-state index contributed by atoms with van der Waals surface area (Å²) >= 11 is 3.55. The summed E-state index contributed by atoms with van der Waals surface area (Å²) in [5.74, 6) is 1.06. The molecular formula is C16H22BrNO. The molecule has 3 heteroatoms. The van der Waals surface area contributed by atoms with Gasteiger partial charge in [0, 0.05) is 5.39 Å². The summed E-state index contributed by atoms with van der Waals surface area (Å²) < 4.78 is 7.06. The van der Waals surface area contributed by atoms with Crippen LogP contribution in [-0.4, -0.2) is 6.54 Å². The minimum absolute atomic E-state index is 0.329. The number of furan rings is 1. The van der Waals surface area contributed by atoms with E-state index in [0.29, 0.717) is 6.04 Å². The molecule has 1 heterocycles. The highest BCUT2D eigenvalue weighted by Crippen LogP contribution is 2.31. The fourth-order valence-corrected chi connectivity index (χ4v) is 2.87. The molecule has 1 atom stereocenters. The maximum Gasteiger partial charge on any atom is 0.148 e. The van der Waals surface area contributed by atoms with E-state index in [2.05, 4.69) is 47.2 Å². The van der Waals surface area contributed by atoms with E-state index in [1.54, 1.807) is 0 Å². The van der Waals surface area contributed by atoms with E-state index in [4.69, 9.17) is 4.42 Å². The van der Waals surface area contributed by atoms with Gasteiger partial charge in [-0.2, -0.15) is 0 Å². The molecule has 2 aromatic rings. The summed E-state index contributed by atoms with van der Waals surface area (Å²) in [5.41, 5.74) is 0.955. The van der Waals surface area contributed by atoms with Gasteiger partial charge in [0.2, 0.25) is 0 Å². The Kier molecular flexibility index (Phi) is 5.46. The first-order valence-corrected chi connectivity index (χ1v) is 7.96. The molecule has 19 heavy (non-hydrogen) atoms. The van der Waals surface area contributed by atoms with Crippen molar-refractivity contribution in [3.05, 3.63) is 34.5 Å². The molecule has 0 aliphatic carbocycles. The van der Waals surface area contributed by atoms with Gasteiger partial charge in [-0.15, -0.1) is 0 Å². The molecule has 0 amide bonds. The average Bonchev–Trinajstić information content (AvgIpc) is 2.83. The topological polar surface area (TPSA) is 25.2 Å². The number of hydrogen-bond donors (Lipinski definition) is 1. The molecule has 1 aromatic heterocycles. The number of benzene rings is 1. The van der Waals surface area contributed by atoms with Crippen molar-refractivity contribution in [3.8, 4) is 0 Å². The monoisotopic (exact) mass is 323 g/mol. The van der Waals surface area contributed by atoms with E-state index >= 15 is 0 Å². The lowest BCUT2D eigenvalue weighted by molar-refractivity contribution is 0.404. The van der Waals surface area contributed by atoms with Crippen LogP contribution in [0.15, 0.2) is 33.2 Å². The molecule has 0 radical (unpaired) electrons. The first kappa shape index (κ1) is 14.6. The van der Waals surface area contributed by atoms with Crippen molar-refractivity contribution in [1.29, 1.82) is 0 Å². The summed E-state index contributed by atoms with van der Waals surface area (Å²) in [6, 6.07) is 8.66. The third-order valence-electron chi connectivity index (χ3n) is 3.41. The van der Waals surface area contributed by atoms with Crippen LogP contribution >= 0.6 is 15.9 Å². The maximum absolute atomic E-state index is 6.03. The van der Waals surface area contributed by atoms with E-state index in [0.717, 1.165) is 28.8 Å². The lowest BCUT2D eigenvalue weighted by Crippen LogP contribution is -2.20. The van der Waals surface area contributed by atoms with Crippen LogP contribution < -0.4 is 5.32 Å². The van der Waals surface area contributed by atoms with E-state index in [1.807, 2.05) is 12.1 Å². The Morgan fingerprint density at radius 3 is 2.79 bits per heavy atom. The predicted octanol–water partition coefficient (Wildman–Crippen LogP) is 5.43. The van der Waals surface area contributed by atoms with Crippen LogP contribution in [0, 0.1) is 0 Å². The minimum Gasteiger partial charge on any atom is -0.458 e. The Labute approximate surface area is 123 Å². The Balaban J connectivity index is 2.20. The summed E-state index contributed by atoms with van der Waals surface area (Å²) in [4.78, 5) is 0. The van der Waals surface area contributed by atoms with Crippen molar-refractivity contribution < 1.29 is 4.42 Å². The van der Waals surface area contributed by atoms with Gasteiger partial charge < -0.3 is 9.73 Å². The molecule has 0 spiro atoms. The molecule has 2 rings (SSSR count). The lowest BCUT2D eigenvalue weighted by atomic mass is 10.1. The van der Waals surface area contributed by atoms with Crippen LogP contribution in [-0.2, 0) is 0 Å². The maximum atomic E-state index is 6.03. The molecule has 1 unspecified atom stereocenters.